The lowest BCUT2D eigenvalue weighted by Crippen LogP contribution is -2.08. The van der Waals surface area contributed by atoms with Crippen LogP contribution in [0.25, 0.3) is 11.5 Å². The maximum atomic E-state index is 13.1. The molecule has 0 aliphatic carbocycles. The molecule has 0 amide bonds. The van der Waals surface area contributed by atoms with Crippen LogP contribution in [0.5, 0.6) is 0 Å². The van der Waals surface area contributed by atoms with Crippen LogP contribution in [-0.2, 0) is 0 Å². The zero-order valence-corrected chi connectivity index (χ0v) is 11.2. The van der Waals surface area contributed by atoms with Gasteiger partial charge in [0.15, 0.2) is 5.82 Å². The smallest absolute Gasteiger partial charge is 0.341 e. The molecule has 0 atom stereocenters. The molecule has 1 aromatic carbocycles. The standard InChI is InChI=1S/C15H12FN3O2/c1-10-13(15(20)21)14(18-8-2-3-9-18)19(17-10)12-6-4-11(16)5-7-12/h2-9H,1H3,(H,20,21). The van der Waals surface area contributed by atoms with Crippen molar-refractivity contribution in [1.29, 1.82) is 0 Å². The Bertz CT molecular complexity index is 789. The number of benzene rings is 1. The lowest BCUT2D eigenvalue weighted by molar-refractivity contribution is 0.0696. The van der Waals surface area contributed by atoms with Crippen LogP contribution in [0.1, 0.15) is 16.1 Å². The number of nitrogens with zero attached hydrogens (tertiary/aromatic N) is 3. The first-order valence-electron chi connectivity index (χ1n) is 6.30. The van der Waals surface area contributed by atoms with Crippen molar-refractivity contribution in [1.82, 2.24) is 14.3 Å². The van der Waals surface area contributed by atoms with E-state index in [0.717, 1.165) is 0 Å². The minimum absolute atomic E-state index is 0.121. The van der Waals surface area contributed by atoms with Gasteiger partial charge in [-0.2, -0.15) is 5.10 Å². The predicted octanol–water partition coefficient (Wildman–Crippen LogP) is 2.81. The molecule has 5 nitrogen and oxygen atoms in total. The van der Waals surface area contributed by atoms with E-state index in [4.69, 9.17) is 0 Å². The molecule has 0 fully saturated rings. The second-order valence-corrected chi connectivity index (χ2v) is 4.57. The van der Waals surface area contributed by atoms with Crippen LogP contribution in [0.4, 0.5) is 4.39 Å². The van der Waals surface area contributed by atoms with E-state index in [-0.39, 0.29) is 11.4 Å². The van der Waals surface area contributed by atoms with Crippen molar-refractivity contribution >= 4 is 5.97 Å². The van der Waals surface area contributed by atoms with Crippen molar-refractivity contribution in [3.05, 3.63) is 65.9 Å². The van der Waals surface area contributed by atoms with E-state index in [2.05, 4.69) is 5.10 Å². The first-order valence-corrected chi connectivity index (χ1v) is 6.30. The minimum Gasteiger partial charge on any atom is -0.477 e. The zero-order chi connectivity index (χ0) is 15.0. The maximum absolute atomic E-state index is 13.1. The molecular formula is C15H12FN3O2. The summed E-state index contributed by atoms with van der Waals surface area (Å²) in [4.78, 5) is 11.5. The van der Waals surface area contributed by atoms with Crippen LogP contribution < -0.4 is 0 Å². The van der Waals surface area contributed by atoms with Crippen LogP contribution in [0.15, 0.2) is 48.8 Å². The molecule has 0 aliphatic heterocycles. The molecular weight excluding hydrogens is 273 g/mol. The van der Waals surface area contributed by atoms with Gasteiger partial charge in [0.25, 0.3) is 0 Å². The molecule has 0 bridgehead atoms. The van der Waals surface area contributed by atoms with Gasteiger partial charge in [0, 0.05) is 12.4 Å². The number of hydrogen-bond donors (Lipinski definition) is 1. The van der Waals surface area contributed by atoms with E-state index in [1.807, 2.05) is 0 Å². The van der Waals surface area contributed by atoms with E-state index in [1.54, 1.807) is 48.1 Å². The highest BCUT2D eigenvalue weighted by atomic mass is 19.1. The highest BCUT2D eigenvalue weighted by molar-refractivity contribution is 5.93. The normalized spacial score (nSPS) is 10.8. The number of carboxylic acid groups (broad SMARTS) is 1. The summed E-state index contributed by atoms with van der Waals surface area (Å²) >= 11 is 0. The molecule has 0 saturated heterocycles. The van der Waals surface area contributed by atoms with Crippen molar-refractivity contribution in [2.75, 3.05) is 0 Å². The number of hydrogen-bond acceptors (Lipinski definition) is 2. The summed E-state index contributed by atoms with van der Waals surface area (Å²) in [6, 6.07) is 9.32. The Morgan fingerprint density at radius 1 is 1.19 bits per heavy atom. The van der Waals surface area contributed by atoms with Crippen LogP contribution in [0.2, 0.25) is 0 Å². The van der Waals surface area contributed by atoms with E-state index in [1.165, 1.54) is 16.8 Å². The lowest BCUT2D eigenvalue weighted by atomic mass is 10.2. The quantitative estimate of drug-likeness (QED) is 0.805. The summed E-state index contributed by atoms with van der Waals surface area (Å²) in [7, 11) is 0. The van der Waals surface area contributed by atoms with Crippen LogP contribution in [0, 0.1) is 12.7 Å². The molecule has 106 valence electrons. The number of aromatic carboxylic acids is 1. The second-order valence-electron chi connectivity index (χ2n) is 4.57. The van der Waals surface area contributed by atoms with E-state index < -0.39 is 5.97 Å². The van der Waals surface area contributed by atoms with Gasteiger partial charge in [-0.3, -0.25) is 0 Å². The predicted molar refractivity (Wildman–Crippen MR) is 74.5 cm³/mol. The van der Waals surface area contributed by atoms with Crippen molar-refractivity contribution in [2.24, 2.45) is 0 Å². The molecule has 3 aromatic rings. The molecule has 0 spiro atoms. The van der Waals surface area contributed by atoms with Gasteiger partial charge in [-0.1, -0.05) is 0 Å². The van der Waals surface area contributed by atoms with Gasteiger partial charge in [-0.25, -0.2) is 13.9 Å². The number of carboxylic acids is 1. The average molecular weight is 285 g/mol. The molecule has 6 heteroatoms. The highest BCUT2D eigenvalue weighted by Crippen LogP contribution is 2.23. The zero-order valence-electron chi connectivity index (χ0n) is 11.2. The fourth-order valence-corrected chi connectivity index (χ4v) is 2.24. The first-order chi connectivity index (χ1) is 10.1. The van der Waals surface area contributed by atoms with Crippen molar-refractivity contribution in [3.8, 4) is 11.5 Å². The Morgan fingerprint density at radius 2 is 1.81 bits per heavy atom. The van der Waals surface area contributed by atoms with Crippen LogP contribution >= 0.6 is 0 Å². The molecule has 1 N–H and O–H groups in total. The highest BCUT2D eigenvalue weighted by Gasteiger charge is 2.22. The van der Waals surface area contributed by atoms with Gasteiger partial charge in [0.1, 0.15) is 11.4 Å². The molecule has 0 unspecified atom stereocenters. The maximum Gasteiger partial charge on any atom is 0.341 e. The fourth-order valence-electron chi connectivity index (χ4n) is 2.24. The van der Waals surface area contributed by atoms with E-state index in [9.17, 15) is 14.3 Å². The monoisotopic (exact) mass is 285 g/mol. The minimum atomic E-state index is -1.05. The Labute approximate surface area is 119 Å². The molecule has 0 radical (unpaired) electrons. The second kappa shape index (κ2) is 4.90. The lowest BCUT2D eigenvalue weighted by Gasteiger charge is -2.09. The van der Waals surface area contributed by atoms with Gasteiger partial charge in [0.05, 0.1) is 11.4 Å². The summed E-state index contributed by atoms with van der Waals surface area (Å²) in [5.41, 5.74) is 1.11. The third-order valence-corrected chi connectivity index (χ3v) is 3.17. The van der Waals surface area contributed by atoms with Gasteiger partial charge in [-0.15, -0.1) is 0 Å². The first kappa shape index (κ1) is 13.1. The Kier molecular flexibility index (Phi) is 3.06. The summed E-state index contributed by atoms with van der Waals surface area (Å²) in [6.45, 7) is 1.64. The number of aromatic nitrogens is 3. The topological polar surface area (TPSA) is 60.0 Å². The molecule has 2 heterocycles. The molecule has 0 aliphatic rings. The molecule has 3 rings (SSSR count). The Balaban J connectivity index is 2.28. The van der Waals surface area contributed by atoms with E-state index in [0.29, 0.717) is 17.2 Å². The number of rotatable bonds is 3. The van der Waals surface area contributed by atoms with Gasteiger partial charge >= 0.3 is 5.97 Å². The SMILES string of the molecule is Cc1nn(-c2ccc(F)cc2)c(-n2cccc2)c1C(=O)O. The van der Waals surface area contributed by atoms with Gasteiger partial charge in [-0.05, 0) is 43.3 Å². The largest absolute Gasteiger partial charge is 0.477 e. The summed E-state index contributed by atoms with van der Waals surface area (Å²) in [5, 5.41) is 13.7. The Morgan fingerprint density at radius 3 is 2.38 bits per heavy atom. The third kappa shape index (κ3) is 2.20. The van der Waals surface area contributed by atoms with Crippen LogP contribution in [-0.4, -0.2) is 25.4 Å². The number of aryl methyl sites for hydroxylation is 1. The molecule has 2 aromatic heterocycles. The Hall–Kier alpha value is -2.89. The molecule has 21 heavy (non-hydrogen) atoms. The molecule has 0 saturated carbocycles. The van der Waals surface area contributed by atoms with Crippen LogP contribution in [0.3, 0.4) is 0 Å². The average Bonchev–Trinajstić information content (AvgIpc) is 3.06. The number of halogens is 1. The van der Waals surface area contributed by atoms with Crippen molar-refractivity contribution < 1.29 is 14.3 Å². The third-order valence-electron chi connectivity index (χ3n) is 3.17. The van der Waals surface area contributed by atoms with Crippen molar-refractivity contribution in [3.63, 3.8) is 0 Å². The van der Waals surface area contributed by atoms with Gasteiger partial charge in [0.2, 0.25) is 0 Å². The number of carbonyl (C=O) groups is 1. The summed E-state index contributed by atoms with van der Waals surface area (Å²) < 4.78 is 16.2. The fraction of sp³-hybridized carbons (Fsp3) is 0.0667. The summed E-state index contributed by atoms with van der Waals surface area (Å²) in [5.74, 6) is -0.996. The van der Waals surface area contributed by atoms with Crippen molar-refractivity contribution in [2.45, 2.75) is 6.92 Å². The van der Waals surface area contributed by atoms with E-state index >= 15 is 0 Å². The van der Waals surface area contributed by atoms with Gasteiger partial charge < -0.3 is 9.67 Å². The summed E-state index contributed by atoms with van der Waals surface area (Å²) in [6.07, 6.45) is 3.48.